The van der Waals surface area contributed by atoms with Crippen LogP contribution in [0, 0.1) is 5.92 Å². The highest BCUT2D eigenvalue weighted by Crippen LogP contribution is 2.20. The maximum absolute atomic E-state index is 10.9. The topological polar surface area (TPSA) is 52.6 Å². The lowest BCUT2D eigenvalue weighted by Gasteiger charge is -2.34. The first-order valence-corrected chi connectivity index (χ1v) is 5.45. The fourth-order valence-corrected chi connectivity index (χ4v) is 2.49. The number of nitrogens with one attached hydrogen (secondary N) is 1. The number of hydrogen-bond acceptors (Lipinski definition) is 3. The van der Waals surface area contributed by atoms with Crippen molar-refractivity contribution in [2.45, 2.75) is 25.3 Å². The Labute approximate surface area is 84.3 Å². The number of piperidine rings is 1. The predicted molar refractivity (Wildman–Crippen MR) is 53.2 cm³/mol. The van der Waals surface area contributed by atoms with Crippen LogP contribution in [0.3, 0.4) is 0 Å². The minimum atomic E-state index is -0.624. The molecule has 0 saturated carbocycles. The highest BCUT2D eigenvalue weighted by molar-refractivity contribution is 5.70. The van der Waals surface area contributed by atoms with E-state index in [1.54, 1.807) is 0 Å². The molecule has 0 amide bonds. The van der Waals surface area contributed by atoms with Crippen molar-refractivity contribution in [3.63, 3.8) is 0 Å². The largest absolute Gasteiger partial charge is 0.481 e. The Morgan fingerprint density at radius 3 is 2.93 bits per heavy atom. The van der Waals surface area contributed by atoms with Gasteiger partial charge in [-0.2, -0.15) is 0 Å². The van der Waals surface area contributed by atoms with E-state index < -0.39 is 5.97 Å². The molecule has 2 heterocycles. The number of carboxylic acids is 1. The molecule has 4 heteroatoms. The summed E-state index contributed by atoms with van der Waals surface area (Å²) < 4.78 is 0. The second-order valence-corrected chi connectivity index (χ2v) is 4.32. The normalized spacial score (nSPS) is 34.6. The average molecular weight is 198 g/mol. The molecule has 2 aliphatic rings. The van der Waals surface area contributed by atoms with Gasteiger partial charge in [0.1, 0.15) is 0 Å². The second-order valence-electron chi connectivity index (χ2n) is 4.32. The van der Waals surface area contributed by atoms with Crippen LogP contribution in [-0.4, -0.2) is 48.2 Å². The van der Waals surface area contributed by atoms with Gasteiger partial charge < -0.3 is 10.4 Å². The van der Waals surface area contributed by atoms with Crippen LogP contribution in [0.15, 0.2) is 0 Å². The number of rotatable bonds is 2. The summed E-state index contributed by atoms with van der Waals surface area (Å²) in [5.41, 5.74) is 0. The number of carboxylic acid groups (broad SMARTS) is 1. The van der Waals surface area contributed by atoms with Crippen molar-refractivity contribution in [2.24, 2.45) is 5.92 Å². The molecule has 2 unspecified atom stereocenters. The van der Waals surface area contributed by atoms with Gasteiger partial charge in [0, 0.05) is 19.1 Å². The average Bonchev–Trinajstić information content (AvgIpc) is 2.71. The third-order valence-corrected chi connectivity index (χ3v) is 3.35. The summed E-state index contributed by atoms with van der Waals surface area (Å²) >= 11 is 0. The summed E-state index contributed by atoms with van der Waals surface area (Å²) in [4.78, 5) is 13.2. The van der Waals surface area contributed by atoms with Gasteiger partial charge in [0.25, 0.3) is 0 Å². The van der Waals surface area contributed by atoms with Gasteiger partial charge in [0.2, 0.25) is 0 Å². The first kappa shape index (κ1) is 9.93. The van der Waals surface area contributed by atoms with Crippen molar-refractivity contribution in [1.29, 1.82) is 0 Å². The lowest BCUT2D eigenvalue weighted by atomic mass is 9.97. The Hall–Kier alpha value is -0.610. The molecule has 0 aromatic heterocycles. The molecule has 0 bridgehead atoms. The maximum Gasteiger partial charge on any atom is 0.307 e. The zero-order valence-electron chi connectivity index (χ0n) is 8.41. The number of likely N-dealkylation sites (tertiary alicyclic amines) is 1. The fourth-order valence-electron chi connectivity index (χ4n) is 2.49. The molecule has 0 radical (unpaired) electrons. The predicted octanol–water partition coefficient (Wildman–Crippen LogP) is 0.145. The molecular weight excluding hydrogens is 180 g/mol. The molecule has 2 N–H and O–H groups in total. The molecule has 0 aliphatic carbocycles. The van der Waals surface area contributed by atoms with Crippen LogP contribution in [0.5, 0.6) is 0 Å². The van der Waals surface area contributed by atoms with Gasteiger partial charge in [-0.3, -0.25) is 9.69 Å². The van der Waals surface area contributed by atoms with Gasteiger partial charge in [-0.1, -0.05) is 0 Å². The van der Waals surface area contributed by atoms with Crippen LogP contribution in [0.25, 0.3) is 0 Å². The van der Waals surface area contributed by atoms with E-state index in [0.717, 1.165) is 39.0 Å². The minimum absolute atomic E-state index is 0.135. The molecular formula is C10H18N2O2. The van der Waals surface area contributed by atoms with E-state index in [1.165, 1.54) is 6.42 Å². The lowest BCUT2D eigenvalue weighted by molar-refractivity contribution is -0.143. The molecule has 0 spiro atoms. The monoisotopic (exact) mass is 198 g/mol. The Morgan fingerprint density at radius 2 is 2.29 bits per heavy atom. The van der Waals surface area contributed by atoms with E-state index in [1.807, 2.05) is 0 Å². The van der Waals surface area contributed by atoms with Crippen LogP contribution in [0.2, 0.25) is 0 Å². The van der Waals surface area contributed by atoms with Crippen LogP contribution < -0.4 is 5.32 Å². The number of hydrogen-bond donors (Lipinski definition) is 2. The minimum Gasteiger partial charge on any atom is -0.481 e. The standard InChI is InChI=1S/C10H18N2O2/c13-10(14)8-2-1-5-12(7-8)9-3-4-11-6-9/h8-9,11H,1-7H2,(H,13,14). The maximum atomic E-state index is 10.9. The number of aliphatic carboxylic acids is 1. The summed E-state index contributed by atoms with van der Waals surface area (Å²) in [5, 5.41) is 12.3. The molecule has 0 aromatic rings. The van der Waals surface area contributed by atoms with Crippen molar-refractivity contribution >= 4 is 5.97 Å². The highest BCUT2D eigenvalue weighted by Gasteiger charge is 2.30. The quantitative estimate of drug-likeness (QED) is 0.663. The van der Waals surface area contributed by atoms with Crippen molar-refractivity contribution in [3.8, 4) is 0 Å². The van der Waals surface area contributed by atoms with Gasteiger partial charge >= 0.3 is 5.97 Å². The summed E-state index contributed by atoms with van der Waals surface area (Å²) in [6, 6.07) is 0.581. The molecule has 14 heavy (non-hydrogen) atoms. The van der Waals surface area contributed by atoms with Crippen LogP contribution in [0.1, 0.15) is 19.3 Å². The van der Waals surface area contributed by atoms with E-state index >= 15 is 0 Å². The molecule has 2 fully saturated rings. The van der Waals surface area contributed by atoms with Gasteiger partial charge in [0.15, 0.2) is 0 Å². The van der Waals surface area contributed by atoms with Crippen LogP contribution >= 0.6 is 0 Å². The molecule has 2 rings (SSSR count). The fraction of sp³-hybridized carbons (Fsp3) is 0.900. The van der Waals surface area contributed by atoms with Crippen LogP contribution in [-0.2, 0) is 4.79 Å². The zero-order valence-corrected chi connectivity index (χ0v) is 8.41. The first-order valence-electron chi connectivity index (χ1n) is 5.45. The van der Waals surface area contributed by atoms with E-state index in [-0.39, 0.29) is 5.92 Å². The third-order valence-electron chi connectivity index (χ3n) is 3.35. The summed E-state index contributed by atoms with van der Waals surface area (Å²) in [6.07, 6.45) is 3.06. The molecule has 2 atom stereocenters. The Morgan fingerprint density at radius 1 is 1.43 bits per heavy atom. The van der Waals surface area contributed by atoms with E-state index in [2.05, 4.69) is 10.2 Å². The molecule has 4 nitrogen and oxygen atoms in total. The van der Waals surface area contributed by atoms with E-state index in [4.69, 9.17) is 5.11 Å². The molecule has 80 valence electrons. The SMILES string of the molecule is O=C(O)C1CCCN(C2CCNC2)C1. The summed E-state index contributed by atoms with van der Waals surface area (Å²) in [6.45, 7) is 3.95. The third kappa shape index (κ3) is 2.07. The first-order chi connectivity index (χ1) is 6.77. The van der Waals surface area contributed by atoms with Crippen molar-refractivity contribution in [2.75, 3.05) is 26.2 Å². The number of nitrogens with zero attached hydrogens (tertiary/aromatic N) is 1. The van der Waals surface area contributed by atoms with Crippen molar-refractivity contribution < 1.29 is 9.90 Å². The lowest BCUT2D eigenvalue weighted by Crippen LogP contribution is -2.45. The van der Waals surface area contributed by atoms with E-state index in [9.17, 15) is 4.79 Å². The van der Waals surface area contributed by atoms with Crippen LogP contribution in [0.4, 0.5) is 0 Å². The summed E-state index contributed by atoms with van der Waals surface area (Å²) in [7, 11) is 0. The Bertz CT molecular complexity index is 214. The smallest absolute Gasteiger partial charge is 0.307 e. The van der Waals surface area contributed by atoms with Gasteiger partial charge in [-0.25, -0.2) is 0 Å². The summed E-state index contributed by atoms with van der Waals surface area (Å²) in [5.74, 6) is -0.759. The van der Waals surface area contributed by atoms with Gasteiger partial charge in [-0.15, -0.1) is 0 Å². The highest BCUT2D eigenvalue weighted by atomic mass is 16.4. The number of carbonyl (C=O) groups is 1. The van der Waals surface area contributed by atoms with Gasteiger partial charge in [-0.05, 0) is 32.4 Å². The zero-order chi connectivity index (χ0) is 9.97. The van der Waals surface area contributed by atoms with Crippen molar-refractivity contribution in [1.82, 2.24) is 10.2 Å². The molecule has 0 aromatic carbocycles. The van der Waals surface area contributed by atoms with Crippen molar-refractivity contribution in [3.05, 3.63) is 0 Å². The molecule has 2 saturated heterocycles. The second kappa shape index (κ2) is 4.28. The molecule has 2 aliphatic heterocycles. The Kier molecular flexibility index (Phi) is 3.03. The van der Waals surface area contributed by atoms with Gasteiger partial charge in [0.05, 0.1) is 5.92 Å². The Balaban J connectivity index is 1.89. The van der Waals surface area contributed by atoms with E-state index in [0.29, 0.717) is 6.04 Å².